The molecule has 1 amide bonds. The predicted molar refractivity (Wildman–Crippen MR) is 159 cm³/mol. The van der Waals surface area contributed by atoms with Gasteiger partial charge in [-0.25, -0.2) is 18.2 Å². The molecular formula is C27H28ClN5O7S2. The number of hydrogen-bond donors (Lipinski definition) is 2. The first kappa shape index (κ1) is 30.8. The lowest BCUT2D eigenvalue weighted by Crippen LogP contribution is -2.18. The Morgan fingerprint density at radius 2 is 1.81 bits per heavy atom. The molecule has 0 saturated heterocycles. The van der Waals surface area contributed by atoms with Crippen molar-refractivity contribution in [1.29, 1.82) is 0 Å². The fraction of sp³-hybridized carbons (Fsp3) is 0.259. The molecule has 4 aromatic rings. The summed E-state index contributed by atoms with van der Waals surface area (Å²) in [6, 6.07) is 11.2. The largest absolute Gasteiger partial charge is 0.497 e. The molecule has 0 aliphatic heterocycles. The molecular weight excluding hydrogens is 606 g/mol. The lowest BCUT2D eigenvalue weighted by Gasteiger charge is -2.17. The maximum Gasteiger partial charge on any atom is 0.411 e. The highest BCUT2D eigenvalue weighted by Crippen LogP contribution is 2.41. The SMILES string of the molecule is COc1ccc(Cl)c(Oc2c(NS(=O)(=O)c3ccc(C(C)(C)C)s3)ncnc2OCCOC(=O)Nc2ccncc2)c1. The van der Waals surface area contributed by atoms with E-state index < -0.39 is 16.1 Å². The Morgan fingerprint density at radius 1 is 1.05 bits per heavy atom. The first-order valence-corrected chi connectivity index (χ1v) is 15.1. The van der Waals surface area contributed by atoms with Crippen LogP contribution >= 0.6 is 22.9 Å². The van der Waals surface area contributed by atoms with E-state index in [1.54, 1.807) is 30.3 Å². The van der Waals surface area contributed by atoms with Crippen LogP contribution in [0.25, 0.3) is 0 Å². The van der Waals surface area contributed by atoms with Crippen LogP contribution in [0.4, 0.5) is 16.3 Å². The Kier molecular flexibility index (Phi) is 9.70. The van der Waals surface area contributed by atoms with E-state index in [0.29, 0.717) is 11.4 Å². The molecule has 0 fully saturated rings. The standard InChI is InChI=1S/C27H28ClN5O7S2/c1-27(2,3)21-7-8-22(41-21)42(35,36)33-24-23(40-20-15-18(37-4)5-6-19(20)28)25(31-16-30-24)38-13-14-39-26(34)32-17-9-11-29-12-10-17/h5-12,15-16H,13-14H2,1-4H3,(H,29,32,34)(H,30,31,33). The number of sulfonamides is 1. The van der Waals surface area contributed by atoms with E-state index in [-0.39, 0.29) is 51.1 Å². The van der Waals surface area contributed by atoms with Crippen molar-refractivity contribution in [2.24, 2.45) is 0 Å². The third kappa shape index (κ3) is 7.99. The second-order valence-electron chi connectivity index (χ2n) is 9.57. The van der Waals surface area contributed by atoms with Gasteiger partial charge in [0.1, 0.15) is 35.2 Å². The second kappa shape index (κ2) is 13.2. The van der Waals surface area contributed by atoms with Gasteiger partial charge >= 0.3 is 6.09 Å². The Balaban J connectivity index is 1.57. The number of hydrogen-bond acceptors (Lipinski definition) is 11. The summed E-state index contributed by atoms with van der Waals surface area (Å²) in [6.45, 7) is 5.67. The zero-order valence-electron chi connectivity index (χ0n) is 23.1. The summed E-state index contributed by atoms with van der Waals surface area (Å²) in [6.07, 6.45) is 3.46. The number of rotatable bonds is 11. The zero-order valence-corrected chi connectivity index (χ0v) is 25.5. The summed E-state index contributed by atoms with van der Waals surface area (Å²) >= 11 is 7.49. The van der Waals surface area contributed by atoms with Gasteiger partial charge in [-0.3, -0.25) is 15.0 Å². The van der Waals surface area contributed by atoms with Crippen LogP contribution in [0.2, 0.25) is 5.02 Å². The molecule has 15 heteroatoms. The average Bonchev–Trinajstić information content (AvgIpc) is 3.47. The van der Waals surface area contributed by atoms with E-state index in [9.17, 15) is 13.2 Å². The summed E-state index contributed by atoms with van der Waals surface area (Å²) in [5, 5.41) is 2.77. The molecule has 1 aromatic carbocycles. The van der Waals surface area contributed by atoms with Crippen LogP contribution in [0.5, 0.6) is 23.1 Å². The van der Waals surface area contributed by atoms with Gasteiger partial charge in [0, 0.05) is 29.0 Å². The first-order valence-electron chi connectivity index (χ1n) is 12.4. The number of thiophene rings is 1. The van der Waals surface area contributed by atoms with E-state index in [2.05, 4.69) is 25.0 Å². The number of aromatic nitrogens is 3. The van der Waals surface area contributed by atoms with Crippen molar-refractivity contribution in [2.45, 2.75) is 30.4 Å². The van der Waals surface area contributed by atoms with E-state index in [4.69, 9.17) is 30.5 Å². The van der Waals surface area contributed by atoms with Gasteiger partial charge in [-0.15, -0.1) is 11.3 Å². The van der Waals surface area contributed by atoms with Crippen molar-refractivity contribution in [2.75, 3.05) is 30.4 Å². The summed E-state index contributed by atoms with van der Waals surface area (Å²) in [4.78, 5) is 25.1. The lowest BCUT2D eigenvalue weighted by atomic mass is 9.95. The van der Waals surface area contributed by atoms with Crippen molar-refractivity contribution in [3.63, 3.8) is 0 Å². The number of carbonyl (C=O) groups is 1. The minimum absolute atomic E-state index is 0.0903. The number of amides is 1. The van der Waals surface area contributed by atoms with Crippen LogP contribution in [-0.4, -0.2) is 49.8 Å². The first-order chi connectivity index (χ1) is 20.0. The number of methoxy groups -OCH3 is 1. The van der Waals surface area contributed by atoms with Crippen molar-refractivity contribution >= 4 is 50.6 Å². The maximum absolute atomic E-state index is 13.3. The molecule has 0 aliphatic rings. The number of ether oxygens (including phenoxy) is 4. The van der Waals surface area contributed by atoms with Crippen LogP contribution in [0.1, 0.15) is 25.6 Å². The van der Waals surface area contributed by atoms with Gasteiger partial charge in [0.15, 0.2) is 5.82 Å². The molecule has 0 radical (unpaired) electrons. The molecule has 0 aliphatic carbocycles. The molecule has 4 rings (SSSR count). The third-order valence-electron chi connectivity index (χ3n) is 5.42. The third-order valence-corrected chi connectivity index (χ3v) is 9.07. The van der Waals surface area contributed by atoms with Crippen molar-refractivity contribution < 1.29 is 32.2 Å². The molecule has 42 heavy (non-hydrogen) atoms. The highest BCUT2D eigenvalue weighted by atomic mass is 35.5. The maximum atomic E-state index is 13.3. The Bertz CT molecular complexity index is 1640. The van der Waals surface area contributed by atoms with Crippen LogP contribution in [-0.2, 0) is 20.2 Å². The number of nitrogens with zero attached hydrogens (tertiary/aromatic N) is 3. The monoisotopic (exact) mass is 633 g/mol. The van der Waals surface area contributed by atoms with Gasteiger partial charge in [-0.1, -0.05) is 32.4 Å². The van der Waals surface area contributed by atoms with E-state index in [1.165, 1.54) is 31.6 Å². The highest BCUT2D eigenvalue weighted by molar-refractivity contribution is 7.94. The lowest BCUT2D eigenvalue weighted by molar-refractivity contribution is 0.135. The molecule has 0 spiro atoms. The topological polar surface area (TPSA) is 151 Å². The van der Waals surface area contributed by atoms with Crippen LogP contribution in [0.3, 0.4) is 0 Å². The van der Waals surface area contributed by atoms with Gasteiger partial charge in [-0.2, -0.15) is 4.98 Å². The number of halogens is 1. The van der Waals surface area contributed by atoms with Crippen molar-refractivity contribution in [3.8, 4) is 23.1 Å². The quantitative estimate of drug-likeness (QED) is 0.185. The molecule has 3 heterocycles. The number of nitrogens with one attached hydrogen (secondary N) is 2. The minimum Gasteiger partial charge on any atom is -0.497 e. The number of anilines is 2. The summed E-state index contributed by atoms with van der Waals surface area (Å²) in [7, 11) is -2.59. The number of pyridine rings is 1. The fourth-order valence-electron chi connectivity index (χ4n) is 3.33. The molecule has 0 bridgehead atoms. The fourth-order valence-corrected chi connectivity index (χ4v) is 5.86. The Hall–Kier alpha value is -4.14. The molecule has 0 saturated carbocycles. The van der Waals surface area contributed by atoms with E-state index in [1.807, 2.05) is 20.8 Å². The van der Waals surface area contributed by atoms with Gasteiger partial charge in [0.25, 0.3) is 15.9 Å². The molecule has 0 atom stereocenters. The molecule has 0 unspecified atom stereocenters. The molecule has 222 valence electrons. The van der Waals surface area contributed by atoms with Gasteiger partial charge in [0.05, 0.1) is 12.1 Å². The zero-order chi connectivity index (χ0) is 30.3. The van der Waals surface area contributed by atoms with Crippen molar-refractivity contribution in [1.82, 2.24) is 15.0 Å². The smallest absolute Gasteiger partial charge is 0.411 e. The Morgan fingerprint density at radius 3 is 2.50 bits per heavy atom. The minimum atomic E-state index is -4.07. The van der Waals surface area contributed by atoms with E-state index in [0.717, 1.165) is 22.5 Å². The highest BCUT2D eigenvalue weighted by Gasteiger charge is 2.26. The predicted octanol–water partition coefficient (Wildman–Crippen LogP) is 6.11. The average molecular weight is 634 g/mol. The summed E-state index contributed by atoms with van der Waals surface area (Å²) in [5.41, 5.74) is 0.276. The second-order valence-corrected chi connectivity index (χ2v) is 13.0. The van der Waals surface area contributed by atoms with Crippen molar-refractivity contribution in [3.05, 3.63) is 71.1 Å². The number of carbonyl (C=O) groups excluding carboxylic acids is 1. The van der Waals surface area contributed by atoms with Crippen LogP contribution in [0.15, 0.2) is 65.4 Å². The van der Waals surface area contributed by atoms with E-state index >= 15 is 0 Å². The Labute approximate surface area is 252 Å². The normalized spacial score (nSPS) is 11.5. The summed E-state index contributed by atoms with van der Waals surface area (Å²) < 4.78 is 51.3. The molecule has 12 nitrogen and oxygen atoms in total. The number of benzene rings is 1. The summed E-state index contributed by atoms with van der Waals surface area (Å²) in [5.74, 6) is 0.0975. The van der Waals surface area contributed by atoms with Gasteiger partial charge in [-0.05, 0) is 41.8 Å². The molecule has 3 aromatic heterocycles. The van der Waals surface area contributed by atoms with Crippen LogP contribution < -0.4 is 24.2 Å². The van der Waals surface area contributed by atoms with Gasteiger partial charge < -0.3 is 18.9 Å². The van der Waals surface area contributed by atoms with Gasteiger partial charge in [0.2, 0.25) is 5.75 Å². The van der Waals surface area contributed by atoms with Crippen LogP contribution in [0, 0.1) is 0 Å². The molecule has 2 N–H and O–H groups in total.